The molecule has 0 radical (unpaired) electrons. The number of para-hydroxylation sites is 1. The fourth-order valence-electron chi connectivity index (χ4n) is 2.57. The first-order valence-electron chi connectivity index (χ1n) is 7.86. The first-order valence-corrected chi connectivity index (χ1v) is 8.84. The minimum atomic E-state index is -0.439. The second kappa shape index (κ2) is 6.27. The maximum absolute atomic E-state index is 12.2. The Balaban J connectivity index is 1.65. The Hall–Kier alpha value is -2.35. The molecule has 2 heterocycles. The van der Waals surface area contributed by atoms with Crippen LogP contribution in [0.4, 0.5) is 0 Å². The monoisotopic (exact) mass is 344 g/mol. The number of rotatable bonds is 6. The molecule has 0 spiro atoms. The Morgan fingerprint density at radius 3 is 3.04 bits per heavy atom. The first kappa shape index (κ1) is 15.2. The number of carbonyl (C=O) groups is 1. The second-order valence-corrected chi connectivity index (χ2v) is 6.49. The van der Waals surface area contributed by atoms with E-state index in [4.69, 9.17) is 9.15 Å². The first-order chi connectivity index (χ1) is 11.8. The van der Waals surface area contributed by atoms with Crippen molar-refractivity contribution < 1.29 is 13.9 Å². The van der Waals surface area contributed by atoms with Crippen molar-refractivity contribution in [2.75, 3.05) is 6.61 Å². The number of furan rings is 1. The summed E-state index contributed by atoms with van der Waals surface area (Å²) < 4.78 is 12.7. The SMILES string of the molecule is CCOC(=O)c1oc2ccccc2c1CSc1nnnn1C1CC1. The van der Waals surface area contributed by atoms with Crippen LogP contribution in [0.25, 0.3) is 11.0 Å². The van der Waals surface area contributed by atoms with Gasteiger partial charge >= 0.3 is 5.97 Å². The highest BCUT2D eigenvalue weighted by Crippen LogP contribution is 2.38. The lowest BCUT2D eigenvalue weighted by atomic mass is 10.1. The Kier molecular flexibility index (Phi) is 3.97. The molecule has 0 aliphatic heterocycles. The maximum atomic E-state index is 12.2. The number of aromatic nitrogens is 4. The van der Waals surface area contributed by atoms with Gasteiger partial charge in [-0.25, -0.2) is 9.48 Å². The summed E-state index contributed by atoms with van der Waals surface area (Å²) in [4.78, 5) is 12.2. The van der Waals surface area contributed by atoms with Crippen LogP contribution in [0.3, 0.4) is 0 Å². The highest BCUT2D eigenvalue weighted by Gasteiger charge is 2.28. The third-order valence-electron chi connectivity index (χ3n) is 3.86. The van der Waals surface area contributed by atoms with Crippen LogP contribution in [0, 0.1) is 0 Å². The van der Waals surface area contributed by atoms with Crippen LogP contribution in [0.15, 0.2) is 33.8 Å². The van der Waals surface area contributed by atoms with Gasteiger partial charge in [-0.15, -0.1) is 5.10 Å². The fraction of sp³-hybridized carbons (Fsp3) is 0.375. The quantitative estimate of drug-likeness (QED) is 0.501. The molecular formula is C16H16N4O3S. The molecule has 1 fully saturated rings. The largest absolute Gasteiger partial charge is 0.460 e. The van der Waals surface area contributed by atoms with Crippen molar-refractivity contribution in [3.8, 4) is 0 Å². The van der Waals surface area contributed by atoms with Crippen LogP contribution >= 0.6 is 11.8 Å². The van der Waals surface area contributed by atoms with Gasteiger partial charge in [-0.1, -0.05) is 30.0 Å². The fourth-order valence-corrected chi connectivity index (χ4v) is 3.54. The van der Waals surface area contributed by atoms with E-state index in [2.05, 4.69) is 15.5 Å². The van der Waals surface area contributed by atoms with E-state index in [0.29, 0.717) is 24.0 Å². The molecular weight excluding hydrogens is 328 g/mol. The number of hydrogen-bond acceptors (Lipinski definition) is 7. The zero-order valence-electron chi connectivity index (χ0n) is 13.1. The number of ether oxygens (including phenoxy) is 1. The third kappa shape index (κ3) is 2.77. The summed E-state index contributed by atoms with van der Waals surface area (Å²) >= 11 is 1.50. The highest BCUT2D eigenvalue weighted by atomic mass is 32.2. The Bertz CT molecular complexity index is 884. The summed E-state index contributed by atoms with van der Waals surface area (Å²) in [5.41, 5.74) is 1.50. The number of benzene rings is 1. The van der Waals surface area contributed by atoms with Crippen molar-refractivity contribution in [3.63, 3.8) is 0 Å². The minimum Gasteiger partial charge on any atom is -0.460 e. The van der Waals surface area contributed by atoms with Crippen molar-refractivity contribution in [2.45, 2.75) is 36.7 Å². The highest BCUT2D eigenvalue weighted by molar-refractivity contribution is 7.98. The smallest absolute Gasteiger partial charge is 0.374 e. The van der Waals surface area contributed by atoms with Crippen molar-refractivity contribution in [2.24, 2.45) is 0 Å². The normalized spacial score (nSPS) is 14.2. The van der Waals surface area contributed by atoms with Gasteiger partial charge in [0, 0.05) is 16.7 Å². The molecule has 0 amide bonds. The van der Waals surface area contributed by atoms with Crippen molar-refractivity contribution in [1.82, 2.24) is 20.2 Å². The van der Waals surface area contributed by atoms with Gasteiger partial charge in [-0.05, 0) is 36.3 Å². The van der Waals surface area contributed by atoms with Gasteiger partial charge < -0.3 is 9.15 Å². The van der Waals surface area contributed by atoms with Crippen molar-refractivity contribution >= 4 is 28.7 Å². The summed E-state index contributed by atoms with van der Waals surface area (Å²) in [7, 11) is 0. The van der Waals surface area contributed by atoms with E-state index in [9.17, 15) is 4.79 Å². The van der Waals surface area contributed by atoms with Crippen LogP contribution in [-0.2, 0) is 10.5 Å². The standard InChI is InChI=1S/C16H16N4O3S/c1-2-22-15(21)14-12(11-5-3-4-6-13(11)23-14)9-24-16-17-18-19-20(16)10-7-8-10/h3-6,10H,2,7-9H2,1H3. The van der Waals surface area contributed by atoms with Gasteiger partial charge in [0.2, 0.25) is 10.9 Å². The number of nitrogens with zero attached hydrogens (tertiary/aromatic N) is 4. The van der Waals surface area contributed by atoms with Gasteiger partial charge in [0.25, 0.3) is 0 Å². The second-order valence-electron chi connectivity index (χ2n) is 5.55. The Labute approximate surface area is 142 Å². The summed E-state index contributed by atoms with van der Waals surface area (Å²) in [5.74, 6) is 0.361. The van der Waals surface area contributed by atoms with Crippen LogP contribution in [0.5, 0.6) is 0 Å². The lowest BCUT2D eigenvalue weighted by Crippen LogP contribution is -2.06. The predicted octanol–water partition coefficient (Wildman–Crippen LogP) is 3.22. The van der Waals surface area contributed by atoms with E-state index < -0.39 is 5.97 Å². The van der Waals surface area contributed by atoms with Crippen LogP contribution in [-0.4, -0.2) is 32.8 Å². The van der Waals surface area contributed by atoms with Gasteiger partial charge in [-0.3, -0.25) is 0 Å². The molecule has 24 heavy (non-hydrogen) atoms. The summed E-state index contributed by atoms with van der Waals surface area (Å²) in [6, 6.07) is 8.01. The summed E-state index contributed by atoms with van der Waals surface area (Å²) in [6.07, 6.45) is 2.22. The van der Waals surface area contributed by atoms with Crippen LogP contribution in [0.2, 0.25) is 0 Å². The molecule has 0 N–H and O–H groups in total. The molecule has 0 atom stereocenters. The predicted molar refractivity (Wildman–Crippen MR) is 87.8 cm³/mol. The number of esters is 1. The molecule has 3 aromatic rings. The Morgan fingerprint density at radius 1 is 1.42 bits per heavy atom. The third-order valence-corrected chi connectivity index (χ3v) is 4.82. The molecule has 1 saturated carbocycles. The molecule has 0 saturated heterocycles. The average molecular weight is 344 g/mol. The van der Waals surface area contributed by atoms with Crippen LogP contribution in [0.1, 0.15) is 41.9 Å². The van der Waals surface area contributed by atoms with Crippen molar-refractivity contribution in [1.29, 1.82) is 0 Å². The molecule has 2 aromatic heterocycles. The van der Waals surface area contributed by atoms with E-state index in [-0.39, 0.29) is 5.76 Å². The van der Waals surface area contributed by atoms with Gasteiger partial charge in [0.1, 0.15) is 5.58 Å². The van der Waals surface area contributed by atoms with E-state index >= 15 is 0 Å². The zero-order valence-corrected chi connectivity index (χ0v) is 14.0. The van der Waals surface area contributed by atoms with E-state index in [1.807, 2.05) is 28.9 Å². The average Bonchev–Trinajstić information content (AvgIpc) is 3.21. The van der Waals surface area contributed by atoms with E-state index in [1.54, 1.807) is 6.92 Å². The molecule has 1 aliphatic carbocycles. The van der Waals surface area contributed by atoms with Crippen molar-refractivity contribution in [3.05, 3.63) is 35.6 Å². The minimum absolute atomic E-state index is 0.260. The zero-order chi connectivity index (χ0) is 16.5. The molecule has 0 unspecified atom stereocenters. The summed E-state index contributed by atoms with van der Waals surface area (Å²) in [5, 5.41) is 13.6. The number of hydrogen-bond donors (Lipinski definition) is 0. The maximum Gasteiger partial charge on any atom is 0.374 e. The number of fused-ring (bicyclic) bond motifs is 1. The lowest BCUT2D eigenvalue weighted by molar-refractivity contribution is 0.0491. The van der Waals surface area contributed by atoms with Gasteiger partial charge in [0.15, 0.2) is 0 Å². The van der Waals surface area contributed by atoms with E-state index in [0.717, 1.165) is 28.9 Å². The topological polar surface area (TPSA) is 83.0 Å². The molecule has 7 nitrogen and oxygen atoms in total. The van der Waals surface area contributed by atoms with Gasteiger partial charge in [0.05, 0.1) is 12.6 Å². The summed E-state index contributed by atoms with van der Waals surface area (Å²) in [6.45, 7) is 2.08. The molecule has 1 aliphatic rings. The van der Waals surface area contributed by atoms with Crippen LogP contribution < -0.4 is 0 Å². The lowest BCUT2D eigenvalue weighted by Gasteiger charge is -2.04. The number of carbonyl (C=O) groups excluding carboxylic acids is 1. The van der Waals surface area contributed by atoms with E-state index in [1.165, 1.54) is 11.8 Å². The number of tetrazole rings is 1. The molecule has 0 bridgehead atoms. The molecule has 1 aromatic carbocycles. The molecule has 8 heteroatoms. The number of thioether (sulfide) groups is 1. The Morgan fingerprint density at radius 2 is 2.25 bits per heavy atom. The molecule has 4 rings (SSSR count). The molecule has 124 valence electrons. The van der Waals surface area contributed by atoms with Gasteiger partial charge in [-0.2, -0.15) is 0 Å².